The summed E-state index contributed by atoms with van der Waals surface area (Å²) in [6.45, 7) is -0.392. The monoisotopic (exact) mass is 290 g/mol. The molecular weight excluding hydrogens is 280 g/mol. The van der Waals surface area contributed by atoms with Gasteiger partial charge < -0.3 is 10.4 Å². The summed E-state index contributed by atoms with van der Waals surface area (Å²) in [5, 5.41) is 13.3. The van der Waals surface area contributed by atoms with Crippen molar-refractivity contribution in [3.8, 4) is 0 Å². The van der Waals surface area contributed by atoms with E-state index in [0.29, 0.717) is 0 Å². The van der Waals surface area contributed by atoms with Crippen LogP contribution in [0, 0.1) is 0 Å². The van der Waals surface area contributed by atoms with Gasteiger partial charge in [-0.2, -0.15) is 0 Å². The molecule has 9 heteroatoms. The third-order valence-electron chi connectivity index (χ3n) is 2.47. The zero-order valence-corrected chi connectivity index (χ0v) is 10.6. The number of hydrogen-bond donors (Lipinski definition) is 3. The number of anilines is 1. The van der Waals surface area contributed by atoms with Gasteiger partial charge in [-0.15, -0.1) is 0 Å². The van der Waals surface area contributed by atoms with Crippen LogP contribution in [-0.2, 0) is 11.3 Å². The van der Waals surface area contributed by atoms with Crippen LogP contribution in [0.3, 0.4) is 0 Å². The number of aromatic amines is 1. The van der Waals surface area contributed by atoms with Crippen molar-refractivity contribution >= 4 is 17.7 Å². The van der Waals surface area contributed by atoms with E-state index in [1.54, 1.807) is 0 Å². The van der Waals surface area contributed by atoms with Crippen molar-refractivity contribution in [1.29, 1.82) is 0 Å². The van der Waals surface area contributed by atoms with E-state index in [1.165, 1.54) is 12.1 Å². The number of carboxylic acids is 1. The molecule has 0 radical (unpaired) electrons. The number of hydrogen-bond acceptors (Lipinski definition) is 5. The molecule has 0 aliphatic rings. The fraction of sp³-hybridized carbons (Fsp3) is 0.0833. The smallest absolute Gasteiger partial charge is 0.337 e. The maximum Gasteiger partial charge on any atom is 0.337 e. The lowest BCUT2D eigenvalue weighted by Gasteiger charge is -2.06. The third kappa shape index (κ3) is 3.62. The van der Waals surface area contributed by atoms with Gasteiger partial charge in [0.2, 0.25) is 5.91 Å². The lowest BCUT2D eigenvalue weighted by Crippen LogP contribution is -2.32. The van der Waals surface area contributed by atoms with E-state index in [1.807, 2.05) is 0 Å². The molecule has 2 rings (SSSR count). The molecule has 2 heterocycles. The molecule has 9 nitrogen and oxygen atoms in total. The fourth-order valence-corrected chi connectivity index (χ4v) is 1.50. The molecule has 1 amide bonds. The Morgan fingerprint density at radius 2 is 2.00 bits per heavy atom. The van der Waals surface area contributed by atoms with Gasteiger partial charge in [-0.1, -0.05) is 0 Å². The maximum absolute atomic E-state index is 11.7. The first-order chi connectivity index (χ1) is 9.95. The molecule has 0 aromatic carbocycles. The highest BCUT2D eigenvalue weighted by atomic mass is 16.4. The average Bonchev–Trinajstić information content (AvgIpc) is 2.43. The Hall–Kier alpha value is -3.23. The van der Waals surface area contributed by atoms with Gasteiger partial charge in [-0.05, 0) is 12.1 Å². The Labute approximate surface area is 116 Å². The number of nitrogens with zero attached hydrogens (tertiary/aromatic N) is 2. The predicted octanol–water partition coefficient (Wildman–Crippen LogP) is -0.731. The summed E-state index contributed by atoms with van der Waals surface area (Å²) in [7, 11) is 0. The lowest BCUT2D eigenvalue weighted by atomic mass is 10.3. The molecule has 2 aromatic heterocycles. The van der Waals surface area contributed by atoms with Crippen molar-refractivity contribution in [3.63, 3.8) is 0 Å². The summed E-state index contributed by atoms with van der Waals surface area (Å²) in [5.41, 5.74) is -1.05. The lowest BCUT2D eigenvalue weighted by molar-refractivity contribution is -0.117. The van der Waals surface area contributed by atoms with Crippen LogP contribution in [0.15, 0.2) is 40.1 Å². The second-order valence-electron chi connectivity index (χ2n) is 4.02. The minimum absolute atomic E-state index is 0.0170. The molecule has 0 aliphatic heterocycles. The van der Waals surface area contributed by atoms with E-state index in [9.17, 15) is 19.2 Å². The summed E-state index contributed by atoms with van der Waals surface area (Å²) in [6.07, 6.45) is 1.09. The van der Waals surface area contributed by atoms with E-state index in [-0.39, 0.29) is 11.4 Å². The SMILES string of the molecule is O=C(Cn1[nH]c(=O)ccc1=O)Nc1ccc(C(=O)O)cn1. The Kier molecular flexibility index (Phi) is 3.93. The Morgan fingerprint density at radius 3 is 2.62 bits per heavy atom. The molecule has 0 saturated heterocycles. The van der Waals surface area contributed by atoms with Crippen molar-refractivity contribution in [1.82, 2.24) is 14.8 Å². The second kappa shape index (κ2) is 5.82. The number of aromatic nitrogens is 3. The molecular formula is C12H10N4O5. The number of amides is 1. The van der Waals surface area contributed by atoms with E-state index >= 15 is 0 Å². The quantitative estimate of drug-likeness (QED) is 0.679. The first-order valence-electron chi connectivity index (χ1n) is 5.75. The Bertz CT molecular complexity index is 790. The molecule has 0 aliphatic carbocycles. The van der Waals surface area contributed by atoms with Crippen LogP contribution < -0.4 is 16.4 Å². The van der Waals surface area contributed by atoms with Gasteiger partial charge in [0.25, 0.3) is 11.1 Å². The van der Waals surface area contributed by atoms with E-state index in [4.69, 9.17) is 5.11 Å². The Balaban J connectivity index is 2.08. The summed E-state index contributed by atoms with van der Waals surface area (Å²) in [4.78, 5) is 48.6. The Morgan fingerprint density at radius 1 is 1.24 bits per heavy atom. The molecule has 0 saturated carbocycles. The first-order valence-corrected chi connectivity index (χ1v) is 5.75. The van der Waals surface area contributed by atoms with Crippen LogP contribution in [0.5, 0.6) is 0 Å². The van der Waals surface area contributed by atoms with Crippen LogP contribution >= 0.6 is 0 Å². The van der Waals surface area contributed by atoms with Gasteiger partial charge in [0.1, 0.15) is 12.4 Å². The molecule has 0 bridgehead atoms. The summed E-state index contributed by atoms with van der Waals surface area (Å²) < 4.78 is 0.850. The van der Waals surface area contributed by atoms with Crippen LogP contribution in [0.4, 0.5) is 5.82 Å². The van der Waals surface area contributed by atoms with Crippen molar-refractivity contribution in [2.75, 3.05) is 5.32 Å². The molecule has 0 atom stereocenters. The van der Waals surface area contributed by atoms with E-state index < -0.39 is 29.5 Å². The number of nitrogens with one attached hydrogen (secondary N) is 2. The molecule has 0 fully saturated rings. The van der Waals surface area contributed by atoms with E-state index in [2.05, 4.69) is 15.4 Å². The predicted molar refractivity (Wildman–Crippen MR) is 71.1 cm³/mol. The summed E-state index contributed by atoms with van der Waals surface area (Å²) >= 11 is 0. The van der Waals surface area contributed by atoms with Gasteiger partial charge in [0, 0.05) is 18.3 Å². The second-order valence-corrected chi connectivity index (χ2v) is 4.02. The zero-order valence-electron chi connectivity index (χ0n) is 10.6. The molecule has 0 spiro atoms. The highest BCUT2D eigenvalue weighted by Crippen LogP contribution is 2.04. The van der Waals surface area contributed by atoms with Gasteiger partial charge in [0.15, 0.2) is 0 Å². The highest BCUT2D eigenvalue weighted by Gasteiger charge is 2.08. The number of rotatable bonds is 4. The van der Waals surface area contributed by atoms with Gasteiger partial charge in [-0.25, -0.2) is 14.5 Å². The largest absolute Gasteiger partial charge is 0.478 e. The summed E-state index contributed by atoms with van der Waals surface area (Å²) in [6, 6.07) is 4.70. The van der Waals surface area contributed by atoms with Gasteiger partial charge in [-0.3, -0.25) is 19.5 Å². The molecule has 108 valence electrons. The molecule has 2 aromatic rings. The number of H-pyrrole nitrogens is 1. The number of carboxylic acid groups (broad SMARTS) is 1. The van der Waals surface area contributed by atoms with Crippen LogP contribution in [0.2, 0.25) is 0 Å². The van der Waals surface area contributed by atoms with Gasteiger partial charge >= 0.3 is 5.97 Å². The van der Waals surface area contributed by atoms with Crippen molar-refractivity contribution in [2.24, 2.45) is 0 Å². The number of pyridine rings is 1. The summed E-state index contributed by atoms with van der Waals surface area (Å²) in [5.74, 6) is -1.58. The minimum Gasteiger partial charge on any atom is -0.478 e. The van der Waals surface area contributed by atoms with Crippen LogP contribution in [-0.4, -0.2) is 31.7 Å². The van der Waals surface area contributed by atoms with E-state index in [0.717, 1.165) is 23.0 Å². The average molecular weight is 290 g/mol. The third-order valence-corrected chi connectivity index (χ3v) is 2.47. The molecule has 0 unspecified atom stereocenters. The number of aromatic carboxylic acids is 1. The van der Waals surface area contributed by atoms with Crippen LogP contribution in [0.25, 0.3) is 0 Å². The first kappa shape index (κ1) is 14.2. The number of carbonyl (C=O) groups excluding carboxylic acids is 1. The van der Waals surface area contributed by atoms with Crippen LogP contribution in [0.1, 0.15) is 10.4 Å². The standard InChI is InChI=1S/C12H10N4O5/c17-9-3-4-11(19)16(15-9)6-10(18)14-8-2-1-7(5-13-8)12(20)21/h1-5H,6H2,(H,15,17)(H,20,21)(H,13,14,18). The highest BCUT2D eigenvalue weighted by molar-refractivity contribution is 5.90. The zero-order chi connectivity index (χ0) is 15.4. The maximum atomic E-state index is 11.7. The van der Waals surface area contributed by atoms with Crippen molar-refractivity contribution in [3.05, 3.63) is 56.7 Å². The minimum atomic E-state index is -1.13. The van der Waals surface area contributed by atoms with Gasteiger partial charge in [0.05, 0.1) is 5.56 Å². The normalized spacial score (nSPS) is 10.1. The molecule has 3 N–H and O–H groups in total. The van der Waals surface area contributed by atoms with Crippen molar-refractivity contribution < 1.29 is 14.7 Å². The molecule has 21 heavy (non-hydrogen) atoms. The topological polar surface area (TPSA) is 134 Å². The fourth-order valence-electron chi connectivity index (χ4n) is 1.50. The number of carbonyl (C=O) groups is 2. The van der Waals surface area contributed by atoms with Crippen molar-refractivity contribution in [2.45, 2.75) is 6.54 Å².